The summed E-state index contributed by atoms with van der Waals surface area (Å²) >= 11 is 5.66. The molecule has 0 radical (unpaired) electrons. The van der Waals surface area contributed by atoms with E-state index in [4.69, 9.17) is 11.6 Å². The zero-order chi connectivity index (χ0) is 9.19. The molecule has 0 unspecified atom stereocenters. The summed E-state index contributed by atoms with van der Waals surface area (Å²) in [5.74, 6) is 0. The third kappa shape index (κ3) is 3.05. The van der Waals surface area contributed by atoms with E-state index in [1.165, 1.54) is 0 Å². The van der Waals surface area contributed by atoms with Gasteiger partial charge in [-0.05, 0) is 20.8 Å². The first-order valence-corrected chi connectivity index (χ1v) is 4.11. The summed E-state index contributed by atoms with van der Waals surface area (Å²) < 4.78 is 0. The molecule has 3 nitrogen and oxygen atoms in total. The Labute approximate surface area is 77.2 Å². The second-order valence-electron chi connectivity index (χ2n) is 3.64. The van der Waals surface area contributed by atoms with Gasteiger partial charge < -0.3 is 5.32 Å². The predicted molar refractivity (Wildman–Crippen MR) is 50.4 cm³/mol. The Bertz CT molecular complexity index is 267. The molecule has 0 amide bonds. The molecule has 0 spiro atoms. The first-order valence-electron chi connectivity index (χ1n) is 3.74. The van der Waals surface area contributed by atoms with Crippen molar-refractivity contribution >= 4 is 17.3 Å². The van der Waals surface area contributed by atoms with Gasteiger partial charge >= 0.3 is 0 Å². The lowest BCUT2D eigenvalue weighted by Gasteiger charge is -2.21. The van der Waals surface area contributed by atoms with E-state index < -0.39 is 0 Å². The quantitative estimate of drug-likeness (QED) is 0.730. The summed E-state index contributed by atoms with van der Waals surface area (Å²) in [6.45, 7) is 6.21. The average molecular weight is 186 g/mol. The highest BCUT2D eigenvalue weighted by molar-refractivity contribution is 6.29. The van der Waals surface area contributed by atoms with Gasteiger partial charge in [-0.25, -0.2) is 0 Å². The SMILES string of the molecule is CC(C)(C)Nc1cnnc(Cl)c1. The van der Waals surface area contributed by atoms with Crippen molar-refractivity contribution in [2.75, 3.05) is 5.32 Å². The number of aromatic nitrogens is 2. The summed E-state index contributed by atoms with van der Waals surface area (Å²) in [7, 11) is 0. The first kappa shape index (κ1) is 9.26. The van der Waals surface area contributed by atoms with Crippen molar-refractivity contribution in [1.29, 1.82) is 0 Å². The van der Waals surface area contributed by atoms with Gasteiger partial charge in [-0.2, -0.15) is 5.10 Å². The lowest BCUT2D eigenvalue weighted by Crippen LogP contribution is -2.26. The molecule has 0 fully saturated rings. The minimum absolute atomic E-state index is 0.0202. The van der Waals surface area contributed by atoms with E-state index in [0.717, 1.165) is 5.69 Å². The van der Waals surface area contributed by atoms with Crippen LogP contribution in [-0.2, 0) is 0 Å². The van der Waals surface area contributed by atoms with Crippen LogP contribution >= 0.6 is 11.6 Å². The molecule has 12 heavy (non-hydrogen) atoms. The third-order valence-corrected chi connectivity index (χ3v) is 1.33. The lowest BCUT2D eigenvalue weighted by atomic mass is 10.1. The molecule has 0 saturated carbocycles. The highest BCUT2D eigenvalue weighted by atomic mass is 35.5. The smallest absolute Gasteiger partial charge is 0.153 e. The fourth-order valence-electron chi connectivity index (χ4n) is 0.842. The molecule has 1 rings (SSSR count). The maximum absolute atomic E-state index is 5.66. The Morgan fingerprint density at radius 1 is 1.42 bits per heavy atom. The molecule has 0 aliphatic rings. The topological polar surface area (TPSA) is 37.8 Å². The van der Waals surface area contributed by atoms with Crippen LogP contribution in [0.1, 0.15) is 20.8 Å². The molecule has 1 aromatic heterocycles. The zero-order valence-electron chi connectivity index (χ0n) is 7.43. The predicted octanol–water partition coefficient (Wildman–Crippen LogP) is 2.34. The number of hydrogen-bond acceptors (Lipinski definition) is 3. The second-order valence-corrected chi connectivity index (χ2v) is 4.03. The molecule has 1 N–H and O–H groups in total. The van der Waals surface area contributed by atoms with Gasteiger partial charge in [0.15, 0.2) is 5.15 Å². The number of nitrogens with one attached hydrogen (secondary N) is 1. The molecule has 1 heterocycles. The van der Waals surface area contributed by atoms with E-state index in [9.17, 15) is 0 Å². The highest BCUT2D eigenvalue weighted by Crippen LogP contribution is 2.15. The molecule has 4 heteroatoms. The molecule has 0 atom stereocenters. The molecule has 66 valence electrons. The van der Waals surface area contributed by atoms with Gasteiger partial charge in [-0.1, -0.05) is 11.6 Å². The van der Waals surface area contributed by atoms with Crippen LogP contribution in [0.4, 0.5) is 5.69 Å². The number of nitrogens with zero attached hydrogens (tertiary/aromatic N) is 2. The minimum atomic E-state index is 0.0202. The summed E-state index contributed by atoms with van der Waals surface area (Å²) in [6.07, 6.45) is 1.65. The molecule has 0 bridgehead atoms. The first-order chi connectivity index (χ1) is 5.47. The number of rotatable bonds is 1. The lowest BCUT2D eigenvalue weighted by molar-refractivity contribution is 0.633. The molecular formula is C8H12ClN3. The van der Waals surface area contributed by atoms with Crippen molar-refractivity contribution in [3.8, 4) is 0 Å². The van der Waals surface area contributed by atoms with Crippen molar-refractivity contribution in [1.82, 2.24) is 10.2 Å². The van der Waals surface area contributed by atoms with E-state index >= 15 is 0 Å². The molecular weight excluding hydrogens is 174 g/mol. The number of halogens is 1. The van der Waals surface area contributed by atoms with E-state index in [1.54, 1.807) is 12.3 Å². The van der Waals surface area contributed by atoms with Crippen LogP contribution < -0.4 is 5.32 Å². The van der Waals surface area contributed by atoms with Crippen LogP contribution in [0.2, 0.25) is 5.15 Å². The van der Waals surface area contributed by atoms with Crippen molar-refractivity contribution in [2.24, 2.45) is 0 Å². The largest absolute Gasteiger partial charge is 0.379 e. The molecule has 0 aromatic carbocycles. The van der Waals surface area contributed by atoms with Gasteiger partial charge in [0.1, 0.15) is 0 Å². The Kier molecular flexibility index (Phi) is 2.52. The van der Waals surface area contributed by atoms with Crippen molar-refractivity contribution in [2.45, 2.75) is 26.3 Å². The summed E-state index contributed by atoms with van der Waals surface area (Å²) in [6, 6.07) is 1.75. The van der Waals surface area contributed by atoms with Crippen LogP contribution in [0.3, 0.4) is 0 Å². The maximum atomic E-state index is 5.66. The molecule has 0 aliphatic carbocycles. The van der Waals surface area contributed by atoms with E-state index in [0.29, 0.717) is 5.15 Å². The van der Waals surface area contributed by atoms with Gasteiger partial charge in [0, 0.05) is 11.6 Å². The molecule has 1 aromatic rings. The van der Waals surface area contributed by atoms with Crippen LogP contribution in [-0.4, -0.2) is 15.7 Å². The summed E-state index contributed by atoms with van der Waals surface area (Å²) in [5.41, 5.74) is 0.911. The van der Waals surface area contributed by atoms with Crippen molar-refractivity contribution in [3.05, 3.63) is 17.4 Å². The summed E-state index contributed by atoms with van der Waals surface area (Å²) in [5, 5.41) is 11.0. The van der Waals surface area contributed by atoms with Crippen molar-refractivity contribution < 1.29 is 0 Å². The standard InChI is InChI=1S/C8H12ClN3/c1-8(2,3)11-6-4-7(9)12-10-5-6/h4-5H,1-3H3,(H,11,12). The van der Waals surface area contributed by atoms with Gasteiger partial charge in [-0.3, -0.25) is 0 Å². The van der Waals surface area contributed by atoms with E-state index in [1.807, 2.05) is 0 Å². The van der Waals surface area contributed by atoms with Crippen LogP contribution in [0.5, 0.6) is 0 Å². The van der Waals surface area contributed by atoms with Crippen LogP contribution in [0, 0.1) is 0 Å². The fourth-order valence-corrected chi connectivity index (χ4v) is 1.00. The third-order valence-electron chi connectivity index (χ3n) is 1.14. The van der Waals surface area contributed by atoms with Gasteiger partial charge in [0.25, 0.3) is 0 Å². The summed E-state index contributed by atoms with van der Waals surface area (Å²) in [4.78, 5) is 0. The van der Waals surface area contributed by atoms with Gasteiger partial charge in [0.05, 0.1) is 11.9 Å². The Morgan fingerprint density at radius 3 is 2.58 bits per heavy atom. The Morgan fingerprint density at radius 2 is 2.08 bits per heavy atom. The fraction of sp³-hybridized carbons (Fsp3) is 0.500. The average Bonchev–Trinajstić information content (AvgIpc) is 1.82. The minimum Gasteiger partial charge on any atom is -0.379 e. The monoisotopic (exact) mass is 185 g/mol. The van der Waals surface area contributed by atoms with Gasteiger partial charge in [-0.15, -0.1) is 5.10 Å². The molecule has 0 saturated heterocycles. The second kappa shape index (κ2) is 3.27. The van der Waals surface area contributed by atoms with Gasteiger partial charge in [0.2, 0.25) is 0 Å². The maximum Gasteiger partial charge on any atom is 0.153 e. The number of anilines is 1. The van der Waals surface area contributed by atoms with E-state index in [-0.39, 0.29) is 5.54 Å². The Hall–Kier alpha value is -0.830. The Balaban J connectivity index is 2.77. The van der Waals surface area contributed by atoms with Crippen LogP contribution in [0.15, 0.2) is 12.3 Å². The normalized spacial score (nSPS) is 11.3. The molecule has 0 aliphatic heterocycles. The highest BCUT2D eigenvalue weighted by Gasteiger charge is 2.09. The van der Waals surface area contributed by atoms with Crippen LogP contribution in [0.25, 0.3) is 0 Å². The van der Waals surface area contributed by atoms with Crippen molar-refractivity contribution in [3.63, 3.8) is 0 Å². The van der Waals surface area contributed by atoms with E-state index in [2.05, 4.69) is 36.3 Å². The zero-order valence-corrected chi connectivity index (χ0v) is 8.18. The number of hydrogen-bond donors (Lipinski definition) is 1.